The van der Waals surface area contributed by atoms with Gasteiger partial charge in [-0.25, -0.2) is 9.97 Å². The number of hydrogen-bond acceptors (Lipinski definition) is 5. The Labute approximate surface area is 133 Å². The highest BCUT2D eigenvalue weighted by molar-refractivity contribution is 6.36. The summed E-state index contributed by atoms with van der Waals surface area (Å²) in [4.78, 5) is 13.1. The monoisotopic (exact) mass is 323 g/mol. The molecule has 0 radical (unpaired) electrons. The van der Waals surface area contributed by atoms with Crippen molar-refractivity contribution in [3.63, 3.8) is 0 Å². The number of nitrogens with zero attached hydrogens (tertiary/aromatic N) is 4. The third-order valence-corrected chi connectivity index (χ3v) is 3.95. The SMILES string of the molecule is Nc1ccc(N2CCN(c3ncc(Cl)cc3Cl)CC2)nc1. The van der Waals surface area contributed by atoms with E-state index >= 15 is 0 Å². The number of aromatic nitrogens is 2. The van der Waals surface area contributed by atoms with E-state index in [-0.39, 0.29) is 0 Å². The molecule has 1 saturated heterocycles. The van der Waals surface area contributed by atoms with Gasteiger partial charge in [0.25, 0.3) is 0 Å². The summed E-state index contributed by atoms with van der Waals surface area (Å²) in [5.41, 5.74) is 6.34. The van der Waals surface area contributed by atoms with E-state index in [0.29, 0.717) is 15.7 Å². The predicted octanol–water partition coefficient (Wildman–Crippen LogP) is 2.69. The molecule has 0 aliphatic carbocycles. The van der Waals surface area contributed by atoms with Crippen LogP contribution in [0.2, 0.25) is 10.0 Å². The molecule has 1 aliphatic rings. The van der Waals surface area contributed by atoms with Crippen LogP contribution in [-0.2, 0) is 0 Å². The van der Waals surface area contributed by atoms with E-state index in [0.717, 1.165) is 37.8 Å². The quantitative estimate of drug-likeness (QED) is 0.920. The van der Waals surface area contributed by atoms with Crippen molar-refractivity contribution in [1.29, 1.82) is 0 Å². The Bertz CT molecular complexity index is 624. The average Bonchev–Trinajstić information content (AvgIpc) is 2.48. The highest BCUT2D eigenvalue weighted by Crippen LogP contribution is 2.27. The van der Waals surface area contributed by atoms with E-state index < -0.39 is 0 Å². The highest BCUT2D eigenvalue weighted by atomic mass is 35.5. The van der Waals surface area contributed by atoms with Crippen LogP contribution in [0.25, 0.3) is 0 Å². The molecule has 21 heavy (non-hydrogen) atoms. The Morgan fingerprint density at radius 2 is 1.67 bits per heavy atom. The van der Waals surface area contributed by atoms with Gasteiger partial charge in [0.1, 0.15) is 11.6 Å². The Kier molecular flexibility index (Phi) is 4.03. The maximum Gasteiger partial charge on any atom is 0.147 e. The number of halogens is 2. The zero-order chi connectivity index (χ0) is 14.8. The minimum Gasteiger partial charge on any atom is -0.397 e. The fraction of sp³-hybridized carbons (Fsp3) is 0.286. The van der Waals surface area contributed by atoms with Crippen LogP contribution in [0, 0.1) is 0 Å². The van der Waals surface area contributed by atoms with Gasteiger partial charge in [0.05, 0.1) is 21.9 Å². The van der Waals surface area contributed by atoms with Gasteiger partial charge >= 0.3 is 0 Å². The second-order valence-electron chi connectivity index (χ2n) is 4.88. The summed E-state index contributed by atoms with van der Waals surface area (Å²) in [5.74, 6) is 1.73. The summed E-state index contributed by atoms with van der Waals surface area (Å²) in [5, 5.41) is 1.13. The van der Waals surface area contributed by atoms with Gasteiger partial charge in [-0.3, -0.25) is 0 Å². The van der Waals surface area contributed by atoms with Crippen LogP contribution in [0.15, 0.2) is 30.6 Å². The molecule has 110 valence electrons. The van der Waals surface area contributed by atoms with Crippen molar-refractivity contribution in [2.45, 2.75) is 0 Å². The van der Waals surface area contributed by atoms with Gasteiger partial charge < -0.3 is 15.5 Å². The van der Waals surface area contributed by atoms with E-state index in [9.17, 15) is 0 Å². The smallest absolute Gasteiger partial charge is 0.147 e. The minimum atomic E-state index is 0.550. The van der Waals surface area contributed by atoms with Crippen molar-refractivity contribution in [2.24, 2.45) is 0 Å². The molecule has 0 saturated carbocycles. The number of anilines is 3. The average molecular weight is 324 g/mol. The second kappa shape index (κ2) is 5.95. The Balaban J connectivity index is 1.68. The summed E-state index contributed by atoms with van der Waals surface area (Å²) in [6, 6.07) is 5.53. The molecule has 0 spiro atoms. The van der Waals surface area contributed by atoms with Crippen LogP contribution < -0.4 is 15.5 Å². The molecular formula is C14H15Cl2N5. The molecular weight excluding hydrogens is 309 g/mol. The molecule has 0 amide bonds. The standard InChI is InChI=1S/C14H15Cl2N5/c15-10-7-12(16)14(19-8-10)21-5-3-20(4-6-21)13-2-1-11(17)9-18-13/h1-2,7-9H,3-6,17H2. The van der Waals surface area contributed by atoms with Crippen LogP contribution in [0.5, 0.6) is 0 Å². The maximum absolute atomic E-state index is 6.21. The zero-order valence-electron chi connectivity index (χ0n) is 11.3. The van der Waals surface area contributed by atoms with Gasteiger partial charge in [0.2, 0.25) is 0 Å². The largest absolute Gasteiger partial charge is 0.397 e. The molecule has 0 unspecified atom stereocenters. The van der Waals surface area contributed by atoms with E-state index in [4.69, 9.17) is 28.9 Å². The van der Waals surface area contributed by atoms with E-state index in [1.54, 1.807) is 18.5 Å². The Morgan fingerprint density at radius 3 is 2.29 bits per heavy atom. The summed E-state index contributed by atoms with van der Waals surface area (Å²) >= 11 is 12.1. The molecule has 3 rings (SSSR count). The van der Waals surface area contributed by atoms with Crippen LogP contribution in [0.3, 0.4) is 0 Å². The third-order valence-electron chi connectivity index (χ3n) is 3.46. The lowest BCUT2D eigenvalue weighted by atomic mass is 10.3. The van der Waals surface area contributed by atoms with Crippen LogP contribution in [0.4, 0.5) is 17.3 Å². The minimum absolute atomic E-state index is 0.550. The Morgan fingerprint density at radius 1 is 0.952 bits per heavy atom. The topological polar surface area (TPSA) is 58.3 Å². The number of rotatable bonds is 2. The van der Waals surface area contributed by atoms with Gasteiger partial charge in [-0.2, -0.15) is 0 Å². The normalized spacial score (nSPS) is 15.3. The van der Waals surface area contributed by atoms with Crippen molar-refractivity contribution in [2.75, 3.05) is 41.7 Å². The maximum atomic E-state index is 6.21. The molecule has 1 aliphatic heterocycles. The molecule has 5 nitrogen and oxygen atoms in total. The fourth-order valence-electron chi connectivity index (χ4n) is 2.37. The highest BCUT2D eigenvalue weighted by Gasteiger charge is 2.20. The number of nitrogen functional groups attached to an aromatic ring is 1. The molecule has 0 bridgehead atoms. The summed E-state index contributed by atoms with van der Waals surface area (Å²) in [6.45, 7) is 3.38. The van der Waals surface area contributed by atoms with E-state index in [1.165, 1.54) is 0 Å². The number of hydrogen-bond donors (Lipinski definition) is 1. The number of pyridine rings is 2. The number of nitrogens with two attached hydrogens (primary N) is 1. The lowest BCUT2D eigenvalue weighted by Gasteiger charge is -2.36. The predicted molar refractivity (Wildman–Crippen MR) is 87.3 cm³/mol. The molecule has 3 heterocycles. The first kappa shape index (κ1) is 14.2. The van der Waals surface area contributed by atoms with Crippen LogP contribution in [0.1, 0.15) is 0 Å². The van der Waals surface area contributed by atoms with Crippen molar-refractivity contribution in [1.82, 2.24) is 9.97 Å². The summed E-state index contributed by atoms with van der Waals surface area (Å²) in [7, 11) is 0. The first-order valence-corrected chi connectivity index (χ1v) is 7.41. The molecule has 7 heteroatoms. The van der Waals surface area contributed by atoms with Crippen molar-refractivity contribution < 1.29 is 0 Å². The molecule has 2 N–H and O–H groups in total. The molecule has 1 fully saturated rings. The lowest BCUT2D eigenvalue weighted by Crippen LogP contribution is -2.47. The van der Waals surface area contributed by atoms with Gasteiger partial charge in [0.15, 0.2) is 0 Å². The first-order valence-electron chi connectivity index (χ1n) is 6.66. The fourth-order valence-corrected chi connectivity index (χ4v) is 2.87. The van der Waals surface area contributed by atoms with E-state index in [1.807, 2.05) is 12.1 Å². The first-order chi connectivity index (χ1) is 10.1. The second-order valence-corrected chi connectivity index (χ2v) is 5.73. The zero-order valence-corrected chi connectivity index (χ0v) is 12.8. The molecule has 0 aromatic carbocycles. The third kappa shape index (κ3) is 3.14. The number of piperazine rings is 1. The van der Waals surface area contributed by atoms with E-state index in [2.05, 4.69) is 19.8 Å². The van der Waals surface area contributed by atoms with Crippen LogP contribution >= 0.6 is 23.2 Å². The lowest BCUT2D eigenvalue weighted by molar-refractivity contribution is 0.642. The van der Waals surface area contributed by atoms with Crippen molar-refractivity contribution in [3.8, 4) is 0 Å². The van der Waals surface area contributed by atoms with Gasteiger partial charge in [-0.05, 0) is 18.2 Å². The van der Waals surface area contributed by atoms with Gasteiger partial charge in [-0.1, -0.05) is 23.2 Å². The van der Waals surface area contributed by atoms with Gasteiger partial charge in [0, 0.05) is 32.4 Å². The van der Waals surface area contributed by atoms with Crippen LogP contribution in [-0.4, -0.2) is 36.1 Å². The van der Waals surface area contributed by atoms with Crippen molar-refractivity contribution >= 4 is 40.5 Å². The Hall–Kier alpha value is -1.72. The molecule has 0 atom stereocenters. The molecule has 2 aromatic rings. The summed E-state index contributed by atoms with van der Waals surface area (Å²) in [6.07, 6.45) is 3.30. The van der Waals surface area contributed by atoms with Gasteiger partial charge in [-0.15, -0.1) is 0 Å². The molecule has 2 aromatic heterocycles. The summed E-state index contributed by atoms with van der Waals surface area (Å²) < 4.78 is 0. The van der Waals surface area contributed by atoms with Crippen molar-refractivity contribution in [3.05, 3.63) is 40.6 Å².